The molecule has 112 valence electrons. The van der Waals surface area contributed by atoms with E-state index in [0.717, 1.165) is 4.31 Å². The van der Waals surface area contributed by atoms with Gasteiger partial charge in [0.1, 0.15) is 10.7 Å². The van der Waals surface area contributed by atoms with Crippen molar-refractivity contribution in [3.8, 4) is 0 Å². The van der Waals surface area contributed by atoms with Gasteiger partial charge in [-0.2, -0.15) is 0 Å². The van der Waals surface area contributed by atoms with Crippen molar-refractivity contribution < 1.29 is 12.8 Å². The van der Waals surface area contributed by atoms with Crippen LogP contribution in [0.4, 0.5) is 15.8 Å². The van der Waals surface area contributed by atoms with Crippen LogP contribution in [0.5, 0.6) is 0 Å². The van der Waals surface area contributed by atoms with Crippen molar-refractivity contribution in [3.63, 3.8) is 0 Å². The maximum Gasteiger partial charge on any atom is 0.266 e. The van der Waals surface area contributed by atoms with Crippen molar-refractivity contribution in [2.75, 3.05) is 16.6 Å². The number of benzene rings is 2. The number of sulfonamides is 1. The molecule has 2 N–H and O–H groups in total. The quantitative estimate of drug-likeness (QED) is 0.876. The van der Waals surface area contributed by atoms with Crippen molar-refractivity contribution in [1.82, 2.24) is 0 Å². The maximum atomic E-state index is 13.9. The van der Waals surface area contributed by atoms with E-state index in [0.29, 0.717) is 5.02 Å². The molecule has 7 heteroatoms. The van der Waals surface area contributed by atoms with Gasteiger partial charge in [0.15, 0.2) is 0 Å². The summed E-state index contributed by atoms with van der Waals surface area (Å²) in [6.07, 6.45) is 0. The number of nitrogens with two attached hydrogens (primary N) is 1. The van der Waals surface area contributed by atoms with E-state index in [1.165, 1.54) is 36.4 Å². The first-order valence-electron chi connectivity index (χ1n) is 6.20. The molecule has 4 nitrogen and oxygen atoms in total. The topological polar surface area (TPSA) is 63.4 Å². The molecule has 21 heavy (non-hydrogen) atoms. The summed E-state index contributed by atoms with van der Waals surface area (Å²) in [5, 5.41) is 0.334. The highest BCUT2D eigenvalue weighted by atomic mass is 35.5. The van der Waals surface area contributed by atoms with Crippen LogP contribution in [0.1, 0.15) is 6.92 Å². The lowest BCUT2D eigenvalue weighted by atomic mass is 10.3. The van der Waals surface area contributed by atoms with Crippen LogP contribution in [0, 0.1) is 5.82 Å². The van der Waals surface area contributed by atoms with Gasteiger partial charge in [-0.15, -0.1) is 0 Å². The molecular formula is C14H14ClFN2O2S. The normalized spacial score (nSPS) is 11.4. The van der Waals surface area contributed by atoms with Crippen molar-refractivity contribution in [2.45, 2.75) is 11.8 Å². The van der Waals surface area contributed by atoms with Crippen LogP contribution >= 0.6 is 11.6 Å². The molecule has 0 aromatic heterocycles. The van der Waals surface area contributed by atoms with E-state index in [2.05, 4.69) is 0 Å². The van der Waals surface area contributed by atoms with Crippen LogP contribution in [-0.4, -0.2) is 15.0 Å². The van der Waals surface area contributed by atoms with Crippen LogP contribution in [0.3, 0.4) is 0 Å². The zero-order chi connectivity index (χ0) is 15.6. The minimum absolute atomic E-state index is 0.0191. The number of hydrogen-bond donors (Lipinski definition) is 1. The Kier molecular flexibility index (Phi) is 4.39. The van der Waals surface area contributed by atoms with Crippen LogP contribution in [-0.2, 0) is 10.0 Å². The summed E-state index contributed by atoms with van der Waals surface area (Å²) in [4.78, 5) is -0.1000. The molecule has 0 spiro atoms. The van der Waals surface area contributed by atoms with Crippen molar-refractivity contribution in [2.24, 2.45) is 0 Å². The maximum absolute atomic E-state index is 13.9. The largest absolute Gasteiger partial charge is 0.398 e. The Bertz CT molecular complexity index is 765. The number of anilines is 2. The first-order valence-corrected chi connectivity index (χ1v) is 8.02. The molecule has 0 fully saturated rings. The summed E-state index contributed by atoms with van der Waals surface area (Å²) in [5.74, 6) is -0.615. The van der Waals surface area contributed by atoms with E-state index >= 15 is 0 Å². The summed E-state index contributed by atoms with van der Waals surface area (Å²) >= 11 is 5.77. The predicted molar refractivity (Wildman–Crippen MR) is 82.5 cm³/mol. The third kappa shape index (κ3) is 2.96. The Balaban J connectivity index is 2.58. The molecule has 0 aliphatic heterocycles. The monoisotopic (exact) mass is 328 g/mol. The first-order chi connectivity index (χ1) is 9.87. The fourth-order valence-electron chi connectivity index (χ4n) is 2.00. The average molecular weight is 329 g/mol. The Labute approximate surface area is 128 Å². The van der Waals surface area contributed by atoms with Crippen LogP contribution in [0.25, 0.3) is 0 Å². The Morgan fingerprint density at radius 3 is 2.48 bits per heavy atom. The SMILES string of the molecule is CCN(c1ccccc1F)S(=O)(=O)c1ccc(Cl)cc1N. The van der Waals surface area contributed by atoms with Gasteiger partial charge < -0.3 is 5.73 Å². The summed E-state index contributed by atoms with van der Waals surface area (Å²) < 4.78 is 40.2. The molecule has 0 heterocycles. The molecular weight excluding hydrogens is 315 g/mol. The third-order valence-electron chi connectivity index (χ3n) is 2.95. The minimum atomic E-state index is -3.96. The van der Waals surface area contributed by atoms with Gasteiger partial charge >= 0.3 is 0 Å². The first kappa shape index (κ1) is 15.6. The Morgan fingerprint density at radius 1 is 1.24 bits per heavy atom. The predicted octanol–water partition coefficient (Wildman–Crippen LogP) is 3.28. The average Bonchev–Trinajstić information content (AvgIpc) is 2.41. The molecule has 0 bridgehead atoms. The molecule has 0 amide bonds. The fraction of sp³-hybridized carbons (Fsp3) is 0.143. The van der Waals surface area contributed by atoms with Gasteiger partial charge in [0.2, 0.25) is 0 Å². The minimum Gasteiger partial charge on any atom is -0.398 e. The molecule has 0 radical (unpaired) electrons. The van der Waals surface area contributed by atoms with Crippen molar-refractivity contribution in [3.05, 3.63) is 53.3 Å². The summed E-state index contributed by atoms with van der Waals surface area (Å²) in [6, 6.07) is 9.78. The van der Waals surface area contributed by atoms with E-state index in [-0.39, 0.29) is 22.8 Å². The highest BCUT2D eigenvalue weighted by molar-refractivity contribution is 7.93. The molecule has 0 unspecified atom stereocenters. The van der Waals surface area contributed by atoms with Gasteiger partial charge in [0.25, 0.3) is 10.0 Å². The van der Waals surface area contributed by atoms with Crippen molar-refractivity contribution >= 4 is 33.0 Å². The van der Waals surface area contributed by atoms with E-state index in [4.69, 9.17) is 17.3 Å². The van der Waals surface area contributed by atoms with Gasteiger partial charge in [0.05, 0.1) is 11.4 Å². The van der Waals surface area contributed by atoms with Gasteiger partial charge in [-0.1, -0.05) is 23.7 Å². The fourth-order valence-corrected chi connectivity index (χ4v) is 3.76. The number of rotatable bonds is 4. The standard InChI is InChI=1S/C14H14ClFN2O2S/c1-2-18(13-6-4-3-5-11(13)16)21(19,20)14-8-7-10(15)9-12(14)17/h3-9H,2,17H2,1H3. The van der Waals surface area contributed by atoms with E-state index < -0.39 is 15.8 Å². The highest BCUT2D eigenvalue weighted by Gasteiger charge is 2.27. The molecule has 0 atom stereocenters. The summed E-state index contributed by atoms with van der Waals surface area (Å²) in [6.45, 7) is 1.70. The Morgan fingerprint density at radius 2 is 1.90 bits per heavy atom. The second-order valence-corrected chi connectivity index (χ2v) is 6.57. The summed E-state index contributed by atoms with van der Waals surface area (Å²) in [7, 11) is -3.96. The summed E-state index contributed by atoms with van der Waals surface area (Å²) in [5.41, 5.74) is 5.74. The van der Waals surface area contributed by atoms with E-state index in [1.807, 2.05) is 0 Å². The zero-order valence-corrected chi connectivity index (χ0v) is 12.8. The number of hydrogen-bond acceptors (Lipinski definition) is 3. The second-order valence-electron chi connectivity index (χ2n) is 4.30. The van der Waals surface area contributed by atoms with Crippen LogP contribution < -0.4 is 10.0 Å². The molecule has 2 aromatic rings. The molecule has 0 aliphatic rings. The number of halogens is 2. The van der Waals surface area contributed by atoms with Crippen molar-refractivity contribution in [1.29, 1.82) is 0 Å². The number of nitrogens with zero attached hydrogens (tertiary/aromatic N) is 1. The molecule has 0 saturated carbocycles. The second kappa shape index (κ2) is 5.91. The third-order valence-corrected chi connectivity index (χ3v) is 5.15. The molecule has 2 aromatic carbocycles. The van der Waals surface area contributed by atoms with Gasteiger partial charge in [-0.05, 0) is 37.3 Å². The lowest BCUT2D eigenvalue weighted by molar-refractivity contribution is 0.587. The van der Waals surface area contributed by atoms with E-state index in [9.17, 15) is 12.8 Å². The van der Waals surface area contributed by atoms with Gasteiger partial charge in [-0.3, -0.25) is 4.31 Å². The zero-order valence-electron chi connectivity index (χ0n) is 11.3. The molecule has 0 saturated heterocycles. The smallest absolute Gasteiger partial charge is 0.266 e. The Hall–Kier alpha value is -1.79. The lowest BCUT2D eigenvalue weighted by Gasteiger charge is -2.24. The van der Waals surface area contributed by atoms with Gasteiger partial charge in [0, 0.05) is 11.6 Å². The van der Waals surface area contributed by atoms with Crippen LogP contribution in [0.2, 0.25) is 5.02 Å². The highest BCUT2D eigenvalue weighted by Crippen LogP contribution is 2.30. The number of nitrogen functional groups attached to an aromatic ring is 1. The number of para-hydroxylation sites is 1. The van der Waals surface area contributed by atoms with E-state index in [1.54, 1.807) is 13.0 Å². The molecule has 0 aliphatic carbocycles. The van der Waals surface area contributed by atoms with Gasteiger partial charge in [-0.25, -0.2) is 12.8 Å². The molecule has 2 rings (SSSR count). The van der Waals surface area contributed by atoms with Crippen LogP contribution in [0.15, 0.2) is 47.4 Å². The lowest BCUT2D eigenvalue weighted by Crippen LogP contribution is -2.32.